The molecule has 0 unspecified atom stereocenters. The van der Waals surface area contributed by atoms with Gasteiger partial charge in [0.15, 0.2) is 0 Å². The number of aromatic amines is 1. The molecule has 0 atom stereocenters. The fraction of sp³-hybridized carbons (Fsp3) is 0.143. The molecule has 1 N–H and O–H groups in total. The number of hydrogen-bond donors (Lipinski definition) is 1. The molecule has 3 aromatic heterocycles. The van der Waals surface area contributed by atoms with E-state index in [2.05, 4.69) is 15.0 Å². The van der Waals surface area contributed by atoms with Gasteiger partial charge in [0.25, 0.3) is 0 Å². The maximum atomic E-state index is 13.1. The van der Waals surface area contributed by atoms with Crippen molar-refractivity contribution >= 4 is 11.0 Å². The van der Waals surface area contributed by atoms with Crippen LogP contribution in [-0.4, -0.2) is 22.1 Å². The van der Waals surface area contributed by atoms with Crippen LogP contribution in [-0.2, 0) is 6.42 Å². The quantitative estimate of drug-likeness (QED) is 0.784. The van der Waals surface area contributed by atoms with Gasteiger partial charge in [-0.05, 0) is 23.3 Å². The molecule has 0 radical (unpaired) electrons. The van der Waals surface area contributed by atoms with Crippen molar-refractivity contribution in [1.29, 1.82) is 0 Å². The first-order valence-electron chi connectivity index (χ1n) is 5.85. The van der Waals surface area contributed by atoms with E-state index in [9.17, 15) is 4.39 Å². The molecule has 0 spiro atoms. The second-order valence-electron chi connectivity index (χ2n) is 4.27. The van der Waals surface area contributed by atoms with Gasteiger partial charge in [-0.2, -0.15) is 0 Å². The van der Waals surface area contributed by atoms with Gasteiger partial charge in [-0.1, -0.05) is 0 Å². The Morgan fingerprint density at radius 2 is 2.16 bits per heavy atom. The van der Waals surface area contributed by atoms with Crippen molar-refractivity contribution in [1.82, 2.24) is 15.0 Å². The van der Waals surface area contributed by atoms with E-state index in [1.165, 1.54) is 12.3 Å². The first kappa shape index (κ1) is 11.6. The molecule has 0 aromatic carbocycles. The number of H-pyrrole nitrogens is 1. The fourth-order valence-electron chi connectivity index (χ4n) is 2.07. The standard InChI is InChI=1S/C14H12FN3O/c1-19-12-4-13-10(6-17-14(13)18-8-12)2-9-3-11(15)7-16-5-9/h3-8H,2H2,1H3,(H,17,18). The minimum absolute atomic E-state index is 0.326. The zero-order valence-corrected chi connectivity index (χ0v) is 10.4. The van der Waals surface area contributed by atoms with Crippen LogP contribution in [0.3, 0.4) is 0 Å². The highest BCUT2D eigenvalue weighted by Crippen LogP contribution is 2.23. The van der Waals surface area contributed by atoms with Crippen molar-refractivity contribution in [2.75, 3.05) is 7.11 Å². The average molecular weight is 257 g/mol. The largest absolute Gasteiger partial charge is 0.495 e. The minimum atomic E-state index is -0.326. The summed E-state index contributed by atoms with van der Waals surface area (Å²) in [5.41, 5.74) is 2.65. The van der Waals surface area contributed by atoms with Crippen molar-refractivity contribution in [2.24, 2.45) is 0 Å². The summed E-state index contributed by atoms with van der Waals surface area (Å²) in [6, 6.07) is 3.40. The number of fused-ring (bicyclic) bond motifs is 1. The number of hydrogen-bond acceptors (Lipinski definition) is 3. The number of halogens is 1. The third-order valence-corrected chi connectivity index (χ3v) is 2.98. The van der Waals surface area contributed by atoms with E-state index < -0.39 is 0 Å². The highest BCUT2D eigenvalue weighted by molar-refractivity contribution is 5.81. The van der Waals surface area contributed by atoms with Crippen molar-refractivity contribution in [2.45, 2.75) is 6.42 Å². The number of nitrogens with one attached hydrogen (secondary N) is 1. The second kappa shape index (κ2) is 4.68. The molecule has 0 saturated carbocycles. The molecule has 0 amide bonds. The molecule has 0 aliphatic carbocycles. The Hall–Kier alpha value is -2.43. The van der Waals surface area contributed by atoms with E-state index in [1.54, 1.807) is 19.5 Å². The number of ether oxygens (including phenoxy) is 1. The van der Waals surface area contributed by atoms with E-state index in [0.29, 0.717) is 12.2 Å². The van der Waals surface area contributed by atoms with E-state index in [0.717, 1.165) is 22.2 Å². The van der Waals surface area contributed by atoms with Crippen LogP contribution in [0.15, 0.2) is 36.9 Å². The molecule has 0 bridgehead atoms. The number of pyridine rings is 2. The Kier molecular flexibility index (Phi) is 2.87. The first-order valence-corrected chi connectivity index (χ1v) is 5.85. The Morgan fingerprint density at radius 3 is 2.95 bits per heavy atom. The van der Waals surface area contributed by atoms with Crippen molar-refractivity contribution in [3.8, 4) is 5.75 Å². The number of nitrogens with zero attached hydrogens (tertiary/aromatic N) is 2. The van der Waals surface area contributed by atoms with Crippen molar-refractivity contribution in [3.63, 3.8) is 0 Å². The van der Waals surface area contributed by atoms with Crippen LogP contribution in [0, 0.1) is 5.82 Å². The summed E-state index contributed by atoms with van der Waals surface area (Å²) >= 11 is 0. The maximum Gasteiger partial charge on any atom is 0.141 e. The molecular formula is C14H12FN3O. The summed E-state index contributed by atoms with van der Waals surface area (Å²) in [7, 11) is 1.60. The van der Waals surface area contributed by atoms with Gasteiger partial charge in [-0.25, -0.2) is 9.37 Å². The predicted molar refractivity (Wildman–Crippen MR) is 69.6 cm³/mol. The van der Waals surface area contributed by atoms with Crippen LogP contribution < -0.4 is 4.74 Å². The smallest absolute Gasteiger partial charge is 0.141 e. The molecule has 0 fully saturated rings. The lowest BCUT2D eigenvalue weighted by atomic mass is 10.1. The summed E-state index contributed by atoms with van der Waals surface area (Å²) in [5, 5.41) is 0.976. The molecule has 96 valence electrons. The predicted octanol–water partition coefficient (Wildman–Crippen LogP) is 2.70. The van der Waals surface area contributed by atoms with Crippen molar-refractivity contribution < 1.29 is 9.13 Å². The third-order valence-electron chi connectivity index (χ3n) is 2.98. The van der Waals surface area contributed by atoms with E-state index in [1.807, 2.05) is 12.3 Å². The first-order chi connectivity index (χ1) is 9.26. The van der Waals surface area contributed by atoms with Crippen LogP contribution in [0.25, 0.3) is 11.0 Å². The van der Waals surface area contributed by atoms with Gasteiger partial charge in [0, 0.05) is 24.2 Å². The Labute approximate surface area is 109 Å². The van der Waals surface area contributed by atoms with Gasteiger partial charge >= 0.3 is 0 Å². The molecule has 5 heteroatoms. The van der Waals surface area contributed by atoms with Gasteiger partial charge in [-0.15, -0.1) is 0 Å². The van der Waals surface area contributed by atoms with Crippen LogP contribution in [0.2, 0.25) is 0 Å². The van der Waals surface area contributed by atoms with Crippen LogP contribution >= 0.6 is 0 Å². The normalized spacial score (nSPS) is 10.8. The van der Waals surface area contributed by atoms with Crippen molar-refractivity contribution in [3.05, 3.63) is 53.9 Å². The molecule has 4 nitrogen and oxygen atoms in total. The molecule has 3 heterocycles. The van der Waals surface area contributed by atoms with Crippen LogP contribution in [0.1, 0.15) is 11.1 Å². The second-order valence-corrected chi connectivity index (χ2v) is 4.27. The monoisotopic (exact) mass is 257 g/mol. The molecule has 19 heavy (non-hydrogen) atoms. The Bertz CT molecular complexity index is 724. The lowest BCUT2D eigenvalue weighted by Crippen LogP contribution is -1.90. The highest BCUT2D eigenvalue weighted by Gasteiger charge is 2.07. The average Bonchev–Trinajstić information content (AvgIpc) is 2.81. The fourth-order valence-corrected chi connectivity index (χ4v) is 2.07. The SMILES string of the molecule is COc1cnc2[nH]cc(Cc3cncc(F)c3)c2c1. The molecule has 3 rings (SSSR count). The molecule has 0 aliphatic heterocycles. The highest BCUT2D eigenvalue weighted by atomic mass is 19.1. The van der Waals surface area contributed by atoms with Crippen LogP contribution in [0.4, 0.5) is 4.39 Å². The summed E-state index contributed by atoms with van der Waals surface area (Å²) in [6.07, 6.45) is 6.99. The lowest BCUT2D eigenvalue weighted by Gasteiger charge is -2.02. The number of methoxy groups -OCH3 is 1. The van der Waals surface area contributed by atoms with E-state index in [4.69, 9.17) is 4.74 Å². The Morgan fingerprint density at radius 1 is 1.26 bits per heavy atom. The molecular weight excluding hydrogens is 245 g/mol. The van der Waals surface area contributed by atoms with E-state index in [-0.39, 0.29) is 5.82 Å². The van der Waals surface area contributed by atoms with Crippen LogP contribution in [0.5, 0.6) is 5.75 Å². The lowest BCUT2D eigenvalue weighted by molar-refractivity contribution is 0.413. The summed E-state index contributed by atoms with van der Waals surface area (Å²) in [6.45, 7) is 0. The zero-order chi connectivity index (χ0) is 13.2. The summed E-state index contributed by atoms with van der Waals surface area (Å²) < 4.78 is 18.3. The van der Waals surface area contributed by atoms with Gasteiger partial charge in [0.1, 0.15) is 17.2 Å². The summed E-state index contributed by atoms with van der Waals surface area (Å²) in [4.78, 5) is 11.2. The van der Waals surface area contributed by atoms with E-state index >= 15 is 0 Å². The van der Waals surface area contributed by atoms with Gasteiger partial charge in [-0.3, -0.25) is 4.98 Å². The van der Waals surface area contributed by atoms with Gasteiger partial charge in [0.05, 0.1) is 19.5 Å². The molecule has 0 aliphatic rings. The molecule has 3 aromatic rings. The topological polar surface area (TPSA) is 50.8 Å². The number of rotatable bonds is 3. The third kappa shape index (κ3) is 2.27. The summed E-state index contributed by atoms with van der Waals surface area (Å²) in [5.74, 6) is 0.374. The maximum absolute atomic E-state index is 13.1. The van der Waals surface area contributed by atoms with Gasteiger partial charge in [0.2, 0.25) is 0 Å². The number of aromatic nitrogens is 3. The Balaban J connectivity index is 2.00. The molecule has 0 saturated heterocycles. The van der Waals surface area contributed by atoms with Gasteiger partial charge < -0.3 is 9.72 Å². The zero-order valence-electron chi connectivity index (χ0n) is 10.4. The minimum Gasteiger partial charge on any atom is -0.495 e.